The van der Waals surface area contributed by atoms with Gasteiger partial charge in [0.05, 0.1) is 12.0 Å². The van der Waals surface area contributed by atoms with Crippen LogP contribution in [0.2, 0.25) is 0 Å². The van der Waals surface area contributed by atoms with E-state index in [1.54, 1.807) is 28.9 Å². The molecule has 0 spiro atoms. The highest BCUT2D eigenvalue weighted by atomic mass is 16.6. The number of amides is 2. The van der Waals surface area contributed by atoms with Crippen LogP contribution in [0.3, 0.4) is 0 Å². The Balaban J connectivity index is 1.22. The number of esters is 1. The molecule has 2 aliphatic rings. The van der Waals surface area contributed by atoms with Gasteiger partial charge in [-0.25, -0.2) is 4.79 Å². The molecule has 2 amide bonds. The predicted octanol–water partition coefficient (Wildman–Crippen LogP) is 2.55. The lowest BCUT2D eigenvalue weighted by Crippen LogP contribution is -2.58. The predicted molar refractivity (Wildman–Crippen MR) is 119 cm³/mol. The van der Waals surface area contributed by atoms with Crippen LogP contribution >= 0.6 is 0 Å². The lowest BCUT2D eigenvalue weighted by molar-refractivity contribution is -0.154. The van der Waals surface area contributed by atoms with Gasteiger partial charge in [0.15, 0.2) is 5.60 Å². The summed E-state index contributed by atoms with van der Waals surface area (Å²) in [7, 11) is 0. The van der Waals surface area contributed by atoms with Gasteiger partial charge < -0.3 is 19.5 Å². The standard InChI is InChI=1S/C25H25N3O4/c1-25(15-17-6-2-3-8-20(17)23(30)32-25)24(31)28-12-10-27(11-13-28)22(29)14-18-16-26-21-9-5-4-7-19(18)21/h2-9,16,26H,10-15H2,1H3. The number of piperazine rings is 1. The lowest BCUT2D eigenvalue weighted by Gasteiger charge is -2.40. The summed E-state index contributed by atoms with van der Waals surface area (Å²) in [6, 6.07) is 15.2. The third-order valence-electron chi connectivity index (χ3n) is 6.47. The highest BCUT2D eigenvalue weighted by Gasteiger charge is 2.45. The molecule has 0 aliphatic carbocycles. The fourth-order valence-corrected chi connectivity index (χ4v) is 4.70. The highest BCUT2D eigenvalue weighted by Crippen LogP contribution is 2.30. The van der Waals surface area contributed by atoms with Gasteiger partial charge in [0, 0.05) is 49.7 Å². The van der Waals surface area contributed by atoms with Crippen molar-refractivity contribution in [3.63, 3.8) is 0 Å². The minimum absolute atomic E-state index is 0.0473. The number of benzene rings is 2. The Morgan fingerprint density at radius 2 is 1.69 bits per heavy atom. The molecule has 32 heavy (non-hydrogen) atoms. The molecule has 7 nitrogen and oxygen atoms in total. The van der Waals surface area contributed by atoms with Crippen LogP contribution in [0.4, 0.5) is 0 Å². The summed E-state index contributed by atoms with van der Waals surface area (Å²) in [6.07, 6.45) is 2.57. The lowest BCUT2D eigenvalue weighted by atomic mass is 9.88. The summed E-state index contributed by atoms with van der Waals surface area (Å²) in [5, 5.41) is 1.06. The van der Waals surface area contributed by atoms with Crippen molar-refractivity contribution in [2.75, 3.05) is 26.2 Å². The van der Waals surface area contributed by atoms with E-state index < -0.39 is 11.6 Å². The number of rotatable bonds is 3. The van der Waals surface area contributed by atoms with Crippen LogP contribution in [0, 0.1) is 0 Å². The number of carbonyl (C=O) groups excluding carboxylic acids is 3. The number of ether oxygens (including phenoxy) is 1. The second kappa shape index (κ2) is 7.82. The smallest absolute Gasteiger partial charge is 0.339 e. The number of hydrogen-bond acceptors (Lipinski definition) is 4. The Kier molecular flexibility index (Phi) is 4.96. The summed E-state index contributed by atoms with van der Waals surface area (Å²) in [5.74, 6) is -0.620. The zero-order valence-corrected chi connectivity index (χ0v) is 18.0. The monoisotopic (exact) mass is 431 g/mol. The van der Waals surface area contributed by atoms with Gasteiger partial charge in [0.1, 0.15) is 0 Å². The molecular weight excluding hydrogens is 406 g/mol. The Morgan fingerprint density at radius 3 is 2.50 bits per heavy atom. The molecule has 5 rings (SSSR count). The molecule has 0 bridgehead atoms. The van der Waals surface area contributed by atoms with Crippen molar-refractivity contribution < 1.29 is 19.1 Å². The SMILES string of the molecule is CC1(C(=O)N2CCN(C(=O)Cc3c[nH]c4ccccc34)CC2)Cc2ccccc2C(=O)O1. The number of nitrogens with zero attached hydrogens (tertiary/aromatic N) is 2. The number of para-hydroxylation sites is 1. The number of fused-ring (bicyclic) bond motifs is 2. The van der Waals surface area contributed by atoms with Gasteiger partial charge in [-0.15, -0.1) is 0 Å². The number of aromatic nitrogens is 1. The topological polar surface area (TPSA) is 82.7 Å². The second-order valence-corrected chi connectivity index (χ2v) is 8.66. The molecule has 1 fully saturated rings. The van der Waals surface area contributed by atoms with Crippen LogP contribution in [-0.4, -0.2) is 64.3 Å². The van der Waals surface area contributed by atoms with E-state index in [0.717, 1.165) is 22.0 Å². The van der Waals surface area contributed by atoms with Crippen LogP contribution in [0.25, 0.3) is 10.9 Å². The van der Waals surface area contributed by atoms with Gasteiger partial charge in [0.2, 0.25) is 5.91 Å². The largest absolute Gasteiger partial charge is 0.445 e. The summed E-state index contributed by atoms with van der Waals surface area (Å²) in [4.78, 5) is 45.3. The molecule has 1 saturated heterocycles. The maximum atomic E-state index is 13.3. The van der Waals surface area contributed by atoms with Crippen molar-refractivity contribution in [1.29, 1.82) is 0 Å². The summed E-state index contributed by atoms with van der Waals surface area (Å²) >= 11 is 0. The molecule has 0 radical (unpaired) electrons. The normalized spacial score (nSPS) is 20.7. The van der Waals surface area contributed by atoms with E-state index in [0.29, 0.717) is 44.6 Å². The Hall–Kier alpha value is -3.61. The Labute approximate surface area is 185 Å². The van der Waals surface area contributed by atoms with Crippen molar-refractivity contribution in [3.8, 4) is 0 Å². The average Bonchev–Trinajstić information content (AvgIpc) is 3.21. The van der Waals surface area contributed by atoms with Crippen LogP contribution in [-0.2, 0) is 27.2 Å². The van der Waals surface area contributed by atoms with Crippen molar-refractivity contribution >= 4 is 28.7 Å². The van der Waals surface area contributed by atoms with E-state index in [-0.39, 0.29) is 11.8 Å². The molecule has 1 unspecified atom stereocenters. The first kappa shape index (κ1) is 20.3. The second-order valence-electron chi connectivity index (χ2n) is 8.66. The summed E-state index contributed by atoms with van der Waals surface area (Å²) in [5.41, 5.74) is 2.12. The van der Waals surface area contributed by atoms with Crippen molar-refractivity contribution in [2.45, 2.75) is 25.4 Å². The third kappa shape index (κ3) is 3.53. The molecule has 3 heterocycles. The fraction of sp³-hybridized carbons (Fsp3) is 0.320. The van der Waals surface area contributed by atoms with E-state index in [9.17, 15) is 14.4 Å². The molecule has 3 aromatic rings. The van der Waals surface area contributed by atoms with E-state index >= 15 is 0 Å². The van der Waals surface area contributed by atoms with Gasteiger partial charge >= 0.3 is 5.97 Å². The van der Waals surface area contributed by atoms with Gasteiger partial charge in [-0.3, -0.25) is 9.59 Å². The fourth-order valence-electron chi connectivity index (χ4n) is 4.70. The van der Waals surface area contributed by atoms with Crippen LogP contribution in [0.15, 0.2) is 54.7 Å². The zero-order valence-electron chi connectivity index (χ0n) is 18.0. The van der Waals surface area contributed by atoms with Gasteiger partial charge in [0.25, 0.3) is 5.91 Å². The van der Waals surface area contributed by atoms with E-state index in [2.05, 4.69) is 4.98 Å². The molecule has 1 atom stereocenters. The summed E-state index contributed by atoms with van der Waals surface area (Å²) < 4.78 is 5.59. The number of hydrogen-bond donors (Lipinski definition) is 1. The van der Waals surface area contributed by atoms with Crippen molar-refractivity contribution in [3.05, 3.63) is 71.4 Å². The first-order valence-electron chi connectivity index (χ1n) is 10.9. The molecule has 2 aromatic carbocycles. The quantitative estimate of drug-likeness (QED) is 0.646. The third-order valence-corrected chi connectivity index (χ3v) is 6.47. The molecule has 7 heteroatoms. The van der Waals surface area contributed by atoms with Crippen molar-refractivity contribution in [1.82, 2.24) is 14.8 Å². The van der Waals surface area contributed by atoms with Gasteiger partial charge in [-0.05, 0) is 30.2 Å². The van der Waals surface area contributed by atoms with Crippen LogP contribution < -0.4 is 0 Å². The van der Waals surface area contributed by atoms with Crippen LogP contribution in [0.1, 0.15) is 28.4 Å². The zero-order chi connectivity index (χ0) is 22.3. The van der Waals surface area contributed by atoms with Gasteiger partial charge in [-0.1, -0.05) is 36.4 Å². The number of nitrogens with one attached hydrogen (secondary N) is 1. The maximum absolute atomic E-state index is 13.3. The average molecular weight is 431 g/mol. The van der Waals surface area contributed by atoms with E-state index in [1.165, 1.54) is 0 Å². The molecule has 164 valence electrons. The van der Waals surface area contributed by atoms with Gasteiger partial charge in [-0.2, -0.15) is 0 Å². The number of aromatic amines is 1. The number of H-pyrrole nitrogens is 1. The van der Waals surface area contributed by atoms with E-state index in [4.69, 9.17) is 4.74 Å². The molecule has 1 aromatic heterocycles. The van der Waals surface area contributed by atoms with E-state index in [1.807, 2.05) is 42.6 Å². The first-order valence-corrected chi connectivity index (χ1v) is 10.9. The minimum Gasteiger partial charge on any atom is -0.445 e. The number of cyclic esters (lactones) is 1. The Bertz CT molecular complexity index is 1210. The summed E-state index contributed by atoms with van der Waals surface area (Å²) in [6.45, 7) is 3.46. The molecule has 0 saturated carbocycles. The maximum Gasteiger partial charge on any atom is 0.339 e. The van der Waals surface area contributed by atoms with Crippen molar-refractivity contribution in [2.24, 2.45) is 0 Å². The highest BCUT2D eigenvalue weighted by molar-refractivity contribution is 5.97. The minimum atomic E-state index is -1.22. The first-order chi connectivity index (χ1) is 15.4. The van der Waals surface area contributed by atoms with Crippen LogP contribution in [0.5, 0.6) is 0 Å². The molecule has 1 N–H and O–H groups in total. The Morgan fingerprint density at radius 1 is 1.00 bits per heavy atom. The molecular formula is C25H25N3O4. The number of carbonyl (C=O) groups is 3. The molecule has 2 aliphatic heterocycles.